The van der Waals surface area contributed by atoms with E-state index in [1.807, 2.05) is 0 Å². The molecule has 0 aromatic carbocycles. The molecule has 10 heavy (non-hydrogen) atoms. The van der Waals surface area contributed by atoms with E-state index in [2.05, 4.69) is 11.2 Å². The lowest BCUT2D eigenvalue weighted by Gasteiger charge is -2.10. The Morgan fingerprint density at radius 3 is 2.50 bits per heavy atom. The summed E-state index contributed by atoms with van der Waals surface area (Å²) in [6.45, 7) is 3.29. The first kappa shape index (κ1) is 8.99. The molecule has 0 aliphatic heterocycles. The molecule has 0 aliphatic carbocycles. The number of carbonyl (C=O) groups is 1. The number of carboxylic acid groups (broad SMARTS) is 1. The summed E-state index contributed by atoms with van der Waals surface area (Å²) in [5, 5.41) is 11.1. The van der Waals surface area contributed by atoms with Gasteiger partial charge in [-0.2, -0.15) is 0 Å². The van der Waals surface area contributed by atoms with Crippen molar-refractivity contribution >= 4 is 5.97 Å². The second-order valence-corrected chi connectivity index (χ2v) is 2.11. The summed E-state index contributed by atoms with van der Waals surface area (Å²) in [7, 11) is 0. The largest absolute Gasteiger partial charge is 0.480 e. The molecule has 0 saturated heterocycles. The quantitative estimate of drug-likeness (QED) is 0.547. The molecule has 0 radical (unpaired) electrons. The van der Waals surface area contributed by atoms with Gasteiger partial charge in [0.25, 0.3) is 0 Å². The molecule has 0 rings (SSSR count). The maximum absolute atomic E-state index is 10.2. The van der Waals surface area contributed by atoms with Crippen molar-refractivity contribution in [1.82, 2.24) is 5.32 Å². The van der Waals surface area contributed by atoms with Crippen LogP contribution in [-0.4, -0.2) is 23.2 Å². The van der Waals surface area contributed by atoms with Gasteiger partial charge in [-0.1, -0.05) is 5.92 Å². The number of carboxylic acids is 1. The van der Waals surface area contributed by atoms with Crippen molar-refractivity contribution in [1.29, 1.82) is 0 Å². The molecule has 0 aliphatic rings. The van der Waals surface area contributed by atoms with Gasteiger partial charge in [0.05, 0.1) is 6.04 Å². The highest BCUT2D eigenvalue weighted by molar-refractivity contribution is 5.72. The zero-order valence-electron chi connectivity index (χ0n) is 6.09. The Kier molecular flexibility index (Phi) is 3.52. The van der Waals surface area contributed by atoms with Crippen LogP contribution in [0.25, 0.3) is 0 Å². The number of nitrogens with one attached hydrogen (secondary N) is 1. The van der Waals surface area contributed by atoms with Gasteiger partial charge < -0.3 is 5.11 Å². The highest BCUT2D eigenvalue weighted by Gasteiger charge is 2.11. The molecule has 0 heterocycles. The Bertz CT molecular complexity index is 159. The third-order valence-corrected chi connectivity index (χ3v) is 1.12. The van der Waals surface area contributed by atoms with Crippen molar-refractivity contribution in [2.45, 2.75) is 25.9 Å². The normalized spacial score (nSPS) is 15.3. The van der Waals surface area contributed by atoms with Gasteiger partial charge >= 0.3 is 5.97 Å². The minimum atomic E-state index is -0.887. The van der Waals surface area contributed by atoms with E-state index in [0.29, 0.717) is 0 Å². The van der Waals surface area contributed by atoms with Crippen LogP contribution in [0.4, 0.5) is 0 Å². The highest BCUT2D eigenvalue weighted by atomic mass is 16.4. The highest BCUT2D eigenvalue weighted by Crippen LogP contribution is 1.84. The predicted molar refractivity (Wildman–Crippen MR) is 38.5 cm³/mol. The van der Waals surface area contributed by atoms with Gasteiger partial charge in [0, 0.05) is 0 Å². The van der Waals surface area contributed by atoms with E-state index in [-0.39, 0.29) is 6.04 Å². The summed E-state index contributed by atoms with van der Waals surface area (Å²) in [6, 6.07) is -0.767. The Hall–Kier alpha value is -1.01. The lowest BCUT2D eigenvalue weighted by Crippen LogP contribution is -2.38. The molecule has 3 heteroatoms. The van der Waals surface area contributed by atoms with Crippen molar-refractivity contribution < 1.29 is 9.90 Å². The number of rotatable bonds is 3. The molecule has 2 atom stereocenters. The second kappa shape index (κ2) is 3.91. The number of hydrogen-bond acceptors (Lipinski definition) is 2. The minimum absolute atomic E-state index is 0.189. The van der Waals surface area contributed by atoms with Crippen LogP contribution >= 0.6 is 0 Å². The zero-order chi connectivity index (χ0) is 8.15. The number of terminal acetylenes is 1. The molecule has 0 bridgehead atoms. The van der Waals surface area contributed by atoms with E-state index < -0.39 is 12.0 Å². The fourth-order valence-corrected chi connectivity index (χ4v) is 0.494. The summed E-state index contributed by atoms with van der Waals surface area (Å²) in [6.07, 6.45) is 5.02. The third kappa shape index (κ3) is 3.10. The zero-order valence-corrected chi connectivity index (χ0v) is 6.09. The molecule has 0 saturated carbocycles. The van der Waals surface area contributed by atoms with E-state index in [1.165, 1.54) is 0 Å². The maximum Gasteiger partial charge on any atom is 0.320 e. The summed E-state index contributed by atoms with van der Waals surface area (Å²) in [5.74, 6) is 1.49. The van der Waals surface area contributed by atoms with Crippen LogP contribution in [-0.2, 0) is 4.79 Å². The topological polar surface area (TPSA) is 49.3 Å². The van der Waals surface area contributed by atoms with Gasteiger partial charge in [0.1, 0.15) is 6.04 Å². The van der Waals surface area contributed by atoms with Crippen LogP contribution in [0.2, 0.25) is 0 Å². The van der Waals surface area contributed by atoms with Crippen LogP contribution in [0.1, 0.15) is 13.8 Å². The van der Waals surface area contributed by atoms with E-state index in [1.54, 1.807) is 13.8 Å². The molecular weight excluding hydrogens is 130 g/mol. The molecule has 2 N–H and O–H groups in total. The van der Waals surface area contributed by atoms with E-state index in [4.69, 9.17) is 11.5 Å². The van der Waals surface area contributed by atoms with Crippen molar-refractivity contribution in [3.63, 3.8) is 0 Å². The maximum atomic E-state index is 10.2. The predicted octanol–water partition coefficient (Wildman–Crippen LogP) is 0.0708. The van der Waals surface area contributed by atoms with Crippen LogP contribution in [0.3, 0.4) is 0 Å². The first-order chi connectivity index (χ1) is 4.57. The van der Waals surface area contributed by atoms with Gasteiger partial charge in [-0.25, -0.2) is 0 Å². The van der Waals surface area contributed by atoms with Crippen molar-refractivity contribution in [3.05, 3.63) is 0 Å². The van der Waals surface area contributed by atoms with Gasteiger partial charge in [-0.05, 0) is 13.8 Å². The number of hydrogen-bond donors (Lipinski definition) is 2. The minimum Gasteiger partial charge on any atom is -0.480 e. The average molecular weight is 141 g/mol. The van der Waals surface area contributed by atoms with Crippen LogP contribution in [0.5, 0.6) is 0 Å². The van der Waals surface area contributed by atoms with E-state index in [0.717, 1.165) is 0 Å². The fraction of sp³-hybridized carbons (Fsp3) is 0.571. The van der Waals surface area contributed by atoms with Crippen molar-refractivity contribution in [3.8, 4) is 12.3 Å². The van der Waals surface area contributed by atoms with Gasteiger partial charge in [0.2, 0.25) is 0 Å². The van der Waals surface area contributed by atoms with Crippen LogP contribution in [0.15, 0.2) is 0 Å². The van der Waals surface area contributed by atoms with Crippen LogP contribution < -0.4 is 5.32 Å². The molecule has 0 amide bonds. The SMILES string of the molecule is C#CC(C)NC(C)C(=O)O. The standard InChI is InChI=1S/C7H11NO2/c1-4-5(2)8-6(3)7(9)10/h1,5-6,8H,2-3H3,(H,9,10). The Labute approximate surface area is 60.4 Å². The van der Waals surface area contributed by atoms with E-state index >= 15 is 0 Å². The summed E-state index contributed by atoms with van der Waals surface area (Å²) < 4.78 is 0. The second-order valence-electron chi connectivity index (χ2n) is 2.11. The molecule has 56 valence electrons. The smallest absolute Gasteiger partial charge is 0.320 e. The third-order valence-electron chi connectivity index (χ3n) is 1.12. The molecule has 0 aromatic rings. The van der Waals surface area contributed by atoms with Crippen molar-refractivity contribution in [2.75, 3.05) is 0 Å². The van der Waals surface area contributed by atoms with Gasteiger partial charge in [-0.3, -0.25) is 10.1 Å². The Morgan fingerprint density at radius 2 is 2.20 bits per heavy atom. The molecule has 2 unspecified atom stereocenters. The van der Waals surface area contributed by atoms with Gasteiger partial charge in [-0.15, -0.1) is 6.42 Å². The van der Waals surface area contributed by atoms with Gasteiger partial charge in [0.15, 0.2) is 0 Å². The monoisotopic (exact) mass is 141 g/mol. The molecule has 3 nitrogen and oxygen atoms in total. The first-order valence-electron chi connectivity index (χ1n) is 3.03. The molecule has 0 spiro atoms. The number of aliphatic carboxylic acids is 1. The Morgan fingerprint density at radius 1 is 1.70 bits per heavy atom. The molecule has 0 aromatic heterocycles. The summed E-state index contributed by atoms with van der Waals surface area (Å²) in [5.41, 5.74) is 0. The van der Waals surface area contributed by atoms with Crippen molar-refractivity contribution in [2.24, 2.45) is 0 Å². The molecular formula is C7H11NO2. The summed E-state index contributed by atoms with van der Waals surface area (Å²) in [4.78, 5) is 10.2. The summed E-state index contributed by atoms with van der Waals surface area (Å²) >= 11 is 0. The molecule has 0 fully saturated rings. The Balaban J connectivity index is 3.70. The lowest BCUT2D eigenvalue weighted by atomic mass is 10.3. The van der Waals surface area contributed by atoms with E-state index in [9.17, 15) is 4.79 Å². The fourth-order valence-electron chi connectivity index (χ4n) is 0.494. The van der Waals surface area contributed by atoms with Crippen LogP contribution in [0, 0.1) is 12.3 Å². The average Bonchev–Trinajstić information content (AvgIpc) is 1.87. The lowest BCUT2D eigenvalue weighted by molar-refractivity contribution is -0.139. The first-order valence-corrected chi connectivity index (χ1v) is 3.03.